The molecular weight excluding hydrogens is 377 g/mol. The van der Waals surface area contributed by atoms with Crippen LogP contribution in [0, 0.1) is 19.7 Å². The van der Waals surface area contributed by atoms with Gasteiger partial charge < -0.3 is 0 Å². The van der Waals surface area contributed by atoms with E-state index >= 15 is 0 Å². The molecule has 0 radical (unpaired) electrons. The van der Waals surface area contributed by atoms with Crippen molar-refractivity contribution >= 4 is 15.8 Å². The zero-order valence-electron chi connectivity index (χ0n) is 15.6. The maximum Gasteiger partial charge on any atom is 0.240 e. The molecule has 0 unspecified atom stereocenters. The van der Waals surface area contributed by atoms with Crippen molar-refractivity contribution in [3.63, 3.8) is 0 Å². The summed E-state index contributed by atoms with van der Waals surface area (Å²) in [6.07, 6.45) is 0. The molecule has 0 aliphatic heterocycles. The van der Waals surface area contributed by atoms with E-state index < -0.39 is 28.2 Å². The number of aryl methyl sites for hydroxylation is 1. The molecular formula is C22H20FNO3S. The summed E-state index contributed by atoms with van der Waals surface area (Å²) in [4.78, 5) is 12.7. The quantitative estimate of drug-likeness (QED) is 0.632. The summed E-state index contributed by atoms with van der Waals surface area (Å²) in [7, 11) is -3.85. The lowest BCUT2D eigenvalue weighted by molar-refractivity contribution is 0.0992. The highest BCUT2D eigenvalue weighted by Crippen LogP contribution is 2.28. The third kappa shape index (κ3) is 4.18. The van der Waals surface area contributed by atoms with Crippen molar-refractivity contribution in [3.8, 4) is 11.1 Å². The van der Waals surface area contributed by atoms with Crippen molar-refractivity contribution in [2.24, 2.45) is 0 Å². The van der Waals surface area contributed by atoms with Gasteiger partial charge in [0.15, 0.2) is 5.78 Å². The molecule has 0 bridgehead atoms. The van der Waals surface area contributed by atoms with Gasteiger partial charge in [-0.25, -0.2) is 17.5 Å². The Bertz CT molecular complexity index is 1130. The molecule has 3 aromatic carbocycles. The second-order valence-electron chi connectivity index (χ2n) is 6.53. The topological polar surface area (TPSA) is 63.2 Å². The Morgan fingerprint density at radius 1 is 0.964 bits per heavy atom. The number of carbonyl (C=O) groups excluding carboxylic acids is 1. The second-order valence-corrected chi connectivity index (χ2v) is 8.29. The predicted octanol–water partition coefficient (Wildman–Crippen LogP) is 4.27. The molecule has 3 aromatic rings. The van der Waals surface area contributed by atoms with Crippen molar-refractivity contribution in [2.75, 3.05) is 6.54 Å². The van der Waals surface area contributed by atoms with Crippen LogP contribution < -0.4 is 4.72 Å². The molecule has 0 spiro atoms. The van der Waals surface area contributed by atoms with Crippen molar-refractivity contribution in [3.05, 3.63) is 89.2 Å². The maximum absolute atomic E-state index is 14.4. The summed E-state index contributed by atoms with van der Waals surface area (Å²) in [6, 6.07) is 18.3. The average Bonchev–Trinajstić information content (AvgIpc) is 2.67. The average molecular weight is 397 g/mol. The minimum absolute atomic E-state index is 0.0495. The highest BCUT2D eigenvalue weighted by atomic mass is 32.2. The molecule has 3 rings (SSSR count). The molecule has 6 heteroatoms. The van der Waals surface area contributed by atoms with Gasteiger partial charge in [-0.1, -0.05) is 54.1 Å². The summed E-state index contributed by atoms with van der Waals surface area (Å²) >= 11 is 0. The first-order chi connectivity index (χ1) is 13.3. The van der Waals surface area contributed by atoms with Crippen molar-refractivity contribution in [2.45, 2.75) is 18.7 Å². The normalized spacial score (nSPS) is 11.4. The number of nitrogens with one attached hydrogen (secondary N) is 1. The van der Waals surface area contributed by atoms with Crippen LogP contribution in [-0.2, 0) is 10.0 Å². The predicted molar refractivity (Wildman–Crippen MR) is 107 cm³/mol. The molecule has 0 amide bonds. The Balaban J connectivity index is 1.89. The molecule has 0 saturated heterocycles. The van der Waals surface area contributed by atoms with Gasteiger partial charge in [0.2, 0.25) is 10.0 Å². The van der Waals surface area contributed by atoms with Gasteiger partial charge in [0.25, 0.3) is 0 Å². The van der Waals surface area contributed by atoms with E-state index in [0.717, 1.165) is 16.7 Å². The molecule has 0 aliphatic rings. The fourth-order valence-electron chi connectivity index (χ4n) is 3.08. The molecule has 4 nitrogen and oxygen atoms in total. The number of sulfonamides is 1. The zero-order valence-corrected chi connectivity index (χ0v) is 16.4. The van der Waals surface area contributed by atoms with E-state index in [1.165, 1.54) is 18.2 Å². The number of hydrogen-bond donors (Lipinski definition) is 1. The van der Waals surface area contributed by atoms with E-state index in [4.69, 9.17) is 0 Å². The van der Waals surface area contributed by atoms with Gasteiger partial charge in [0.05, 0.1) is 17.0 Å². The smallest absolute Gasteiger partial charge is 0.240 e. The fraction of sp³-hybridized carbons (Fsp3) is 0.136. The number of Topliss-reactive ketones (excluding diaryl/α,β-unsaturated/α-hetero) is 1. The number of carbonyl (C=O) groups is 1. The van der Waals surface area contributed by atoms with Crippen LogP contribution in [0.3, 0.4) is 0 Å². The monoisotopic (exact) mass is 397 g/mol. The molecule has 0 fully saturated rings. The molecule has 0 aromatic heterocycles. The third-order valence-electron chi connectivity index (χ3n) is 4.50. The Kier molecular flexibility index (Phi) is 5.72. The lowest BCUT2D eigenvalue weighted by Crippen LogP contribution is -2.30. The van der Waals surface area contributed by atoms with E-state index in [1.54, 1.807) is 31.2 Å². The van der Waals surface area contributed by atoms with Crippen molar-refractivity contribution < 1.29 is 17.6 Å². The Labute approximate surface area is 164 Å². The highest BCUT2D eigenvalue weighted by Gasteiger charge is 2.21. The standard InChI is InChI=1S/C22H20FNO3S/c1-15-7-6-8-17(13-15)19-11-12-20(23)22(16(19)2)21(25)14-24-28(26,27)18-9-4-3-5-10-18/h3-13,24H,14H2,1-2H3. The van der Waals surface area contributed by atoms with Gasteiger partial charge in [0, 0.05) is 0 Å². The van der Waals surface area contributed by atoms with Gasteiger partial charge in [-0.05, 0) is 48.7 Å². The minimum atomic E-state index is -3.85. The van der Waals surface area contributed by atoms with Gasteiger partial charge in [-0.2, -0.15) is 0 Å². The molecule has 0 aliphatic carbocycles. The van der Waals surface area contributed by atoms with Gasteiger partial charge in [-0.15, -0.1) is 0 Å². The van der Waals surface area contributed by atoms with Gasteiger partial charge in [-0.3, -0.25) is 4.79 Å². The molecule has 144 valence electrons. The van der Waals surface area contributed by atoms with Crippen LogP contribution in [0.25, 0.3) is 11.1 Å². The third-order valence-corrected chi connectivity index (χ3v) is 5.92. The number of hydrogen-bond acceptors (Lipinski definition) is 3. The number of ketones is 1. The van der Waals surface area contributed by atoms with Crippen LogP contribution in [0.1, 0.15) is 21.5 Å². The lowest BCUT2D eigenvalue weighted by atomic mass is 9.93. The van der Waals surface area contributed by atoms with Crippen LogP contribution in [0.5, 0.6) is 0 Å². The highest BCUT2D eigenvalue weighted by molar-refractivity contribution is 7.89. The molecule has 0 atom stereocenters. The lowest BCUT2D eigenvalue weighted by Gasteiger charge is -2.13. The Hall–Kier alpha value is -2.83. The van der Waals surface area contributed by atoms with Crippen LogP contribution in [-0.4, -0.2) is 20.7 Å². The SMILES string of the molecule is Cc1cccc(-c2ccc(F)c(C(=O)CNS(=O)(=O)c3ccccc3)c2C)c1. The van der Waals surface area contributed by atoms with Crippen LogP contribution in [0.15, 0.2) is 71.6 Å². The van der Waals surface area contributed by atoms with Crippen molar-refractivity contribution in [1.82, 2.24) is 4.72 Å². The molecule has 1 N–H and O–H groups in total. The fourth-order valence-corrected chi connectivity index (χ4v) is 4.08. The molecule has 0 saturated carbocycles. The van der Waals surface area contributed by atoms with Gasteiger partial charge in [0.1, 0.15) is 5.82 Å². The first-order valence-corrected chi connectivity index (χ1v) is 10.2. The molecule has 0 heterocycles. The van der Waals surface area contributed by atoms with E-state index in [9.17, 15) is 17.6 Å². The van der Waals surface area contributed by atoms with Crippen molar-refractivity contribution in [1.29, 1.82) is 0 Å². The van der Waals surface area contributed by atoms with Gasteiger partial charge >= 0.3 is 0 Å². The summed E-state index contributed by atoms with van der Waals surface area (Å²) in [6.45, 7) is 3.10. The van der Waals surface area contributed by atoms with Crippen LogP contribution in [0.2, 0.25) is 0 Å². The maximum atomic E-state index is 14.4. The number of rotatable bonds is 6. The number of benzene rings is 3. The summed E-state index contributed by atoms with van der Waals surface area (Å²) < 4.78 is 41.3. The summed E-state index contributed by atoms with van der Waals surface area (Å²) in [5.41, 5.74) is 3.03. The van der Waals surface area contributed by atoms with E-state index in [0.29, 0.717) is 5.56 Å². The van der Waals surface area contributed by atoms with E-state index in [2.05, 4.69) is 4.72 Å². The number of halogens is 1. The molecule has 28 heavy (non-hydrogen) atoms. The van der Waals surface area contributed by atoms with Crippen LogP contribution in [0.4, 0.5) is 4.39 Å². The largest absolute Gasteiger partial charge is 0.293 e. The Morgan fingerprint density at radius 3 is 2.36 bits per heavy atom. The summed E-state index contributed by atoms with van der Waals surface area (Å²) in [5.74, 6) is -1.29. The first-order valence-electron chi connectivity index (χ1n) is 8.73. The van der Waals surface area contributed by atoms with E-state index in [1.807, 2.05) is 31.2 Å². The van der Waals surface area contributed by atoms with Crippen LogP contribution >= 0.6 is 0 Å². The zero-order chi connectivity index (χ0) is 20.3. The second kappa shape index (κ2) is 8.04. The Morgan fingerprint density at radius 2 is 1.68 bits per heavy atom. The summed E-state index contributed by atoms with van der Waals surface area (Å²) in [5, 5.41) is 0. The first kappa shape index (κ1) is 19.9. The minimum Gasteiger partial charge on any atom is -0.293 e. The van der Waals surface area contributed by atoms with E-state index in [-0.39, 0.29) is 10.5 Å².